The fourth-order valence-corrected chi connectivity index (χ4v) is 2.24. The van der Waals surface area contributed by atoms with Crippen molar-refractivity contribution in [3.8, 4) is 11.8 Å². The lowest BCUT2D eigenvalue weighted by atomic mass is 10.2. The van der Waals surface area contributed by atoms with E-state index in [1.54, 1.807) is 4.57 Å². The van der Waals surface area contributed by atoms with Crippen LogP contribution in [0.3, 0.4) is 0 Å². The van der Waals surface area contributed by atoms with Gasteiger partial charge in [-0.2, -0.15) is 4.98 Å². The van der Waals surface area contributed by atoms with Crippen LogP contribution in [0.5, 0.6) is 5.88 Å². The molecule has 6 heteroatoms. The summed E-state index contributed by atoms with van der Waals surface area (Å²) < 4.78 is 31.9. The van der Waals surface area contributed by atoms with Gasteiger partial charge in [0.2, 0.25) is 18.3 Å². The highest BCUT2D eigenvalue weighted by Crippen LogP contribution is 2.22. The maximum atomic E-state index is 12.5. The Morgan fingerprint density at radius 3 is 2.81 bits per heavy atom. The van der Waals surface area contributed by atoms with Gasteiger partial charge in [0, 0.05) is 29.8 Å². The van der Waals surface area contributed by atoms with Gasteiger partial charge >= 0.3 is 0 Å². The number of methoxy groups -OCH3 is 1. The van der Waals surface area contributed by atoms with Crippen LogP contribution in [0.2, 0.25) is 0 Å². The fourth-order valence-electron chi connectivity index (χ4n) is 2.24. The molecule has 0 unspecified atom stereocenters. The molecule has 0 spiro atoms. The molecule has 0 aliphatic rings. The normalized spacial score (nSPS) is 11.2. The lowest BCUT2D eigenvalue weighted by molar-refractivity contribution is 0.147. The molecule has 2 heterocycles. The Morgan fingerprint density at radius 1 is 1.24 bits per heavy atom. The van der Waals surface area contributed by atoms with E-state index < -0.39 is 12.8 Å². The number of hydrogen-bond acceptors (Lipinski definition) is 3. The van der Waals surface area contributed by atoms with Gasteiger partial charge in [-0.05, 0) is 12.1 Å². The molecular formula is C15H13F2N3O. The zero-order chi connectivity index (χ0) is 14.8. The number of para-hydroxylation sites is 1. The van der Waals surface area contributed by atoms with Gasteiger partial charge in [-0.3, -0.25) is 4.57 Å². The monoisotopic (exact) mass is 289 g/mol. The summed E-state index contributed by atoms with van der Waals surface area (Å²) in [4.78, 5) is 8.40. The lowest BCUT2D eigenvalue weighted by Gasteiger charge is -2.09. The van der Waals surface area contributed by atoms with Crippen molar-refractivity contribution in [3.05, 3.63) is 48.3 Å². The quantitative estimate of drug-likeness (QED) is 0.740. The second-order valence-corrected chi connectivity index (χ2v) is 4.54. The summed E-state index contributed by atoms with van der Waals surface area (Å²) in [5.74, 6) is 0.573. The molecule has 2 aromatic heterocycles. The van der Waals surface area contributed by atoms with E-state index in [9.17, 15) is 8.78 Å². The molecular weight excluding hydrogens is 276 g/mol. The zero-order valence-corrected chi connectivity index (χ0v) is 11.3. The van der Waals surface area contributed by atoms with E-state index >= 15 is 0 Å². The second kappa shape index (κ2) is 5.47. The maximum Gasteiger partial charge on any atom is 0.242 e. The molecule has 1 aromatic carbocycles. The van der Waals surface area contributed by atoms with Gasteiger partial charge < -0.3 is 4.74 Å². The number of ether oxygens (including phenoxy) is 1. The molecule has 108 valence electrons. The first-order valence-corrected chi connectivity index (χ1v) is 6.43. The third-order valence-corrected chi connectivity index (χ3v) is 3.19. The van der Waals surface area contributed by atoms with Gasteiger partial charge in [0.15, 0.2) is 0 Å². The molecule has 3 rings (SSSR count). The Labute approximate surface area is 120 Å². The SMILES string of the molecule is COc1nc(-n2ccc3ccccc32)ncc1CC(F)F. The van der Waals surface area contributed by atoms with Crippen LogP contribution in [0.4, 0.5) is 8.78 Å². The smallest absolute Gasteiger partial charge is 0.242 e. The number of rotatable bonds is 4. The van der Waals surface area contributed by atoms with Gasteiger partial charge in [0.1, 0.15) is 0 Å². The molecule has 0 N–H and O–H groups in total. The van der Waals surface area contributed by atoms with Gasteiger partial charge in [-0.25, -0.2) is 13.8 Å². The Bertz CT molecular complexity index is 770. The predicted molar refractivity (Wildman–Crippen MR) is 75.1 cm³/mol. The Kier molecular flexibility index (Phi) is 3.51. The van der Waals surface area contributed by atoms with Crippen LogP contribution >= 0.6 is 0 Å². The van der Waals surface area contributed by atoms with Crippen molar-refractivity contribution in [2.45, 2.75) is 12.8 Å². The van der Waals surface area contributed by atoms with Gasteiger partial charge in [0.25, 0.3) is 0 Å². The molecule has 0 bridgehead atoms. The minimum Gasteiger partial charge on any atom is -0.481 e. The van der Waals surface area contributed by atoms with Crippen molar-refractivity contribution < 1.29 is 13.5 Å². The van der Waals surface area contributed by atoms with E-state index in [4.69, 9.17) is 4.74 Å². The first-order chi connectivity index (χ1) is 10.2. The van der Waals surface area contributed by atoms with E-state index in [0.717, 1.165) is 10.9 Å². The summed E-state index contributed by atoms with van der Waals surface area (Å²) in [6.07, 6.45) is 0.352. The highest BCUT2D eigenvalue weighted by atomic mass is 19.3. The van der Waals surface area contributed by atoms with E-state index in [0.29, 0.717) is 11.5 Å². The van der Waals surface area contributed by atoms with Crippen LogP contribution in [0.25, 0.3) is 16.9 Å². The molecule has 0 aliphatic carbocycles. The van der Waals surface area contributed by atoms with Crippen molar-refractivity contribution in [2.24, 2.45) is 0 Å². The van der Waals surface area contributed by atoms with Crippen molar-refractivity contribution in [1.29, 1.82) is 0 Å². The van der Waals surface area contributed by atoms with E-state index in [-0.39, 0.29) is 5.88 Å². The topological polar surface area (TPSA) is 39.9 Å². The minimum atomic E-state index is -2.46. The Morgan fingerprint density at radius 2 is 2.05 bits per heavy atom. The molecule has 0 amide bonds. The molecule has 3 aromatic rings. The fraction of sp³-hybridized carbons (Fsp3) is 0.200. The second-order valence-electron chi connectivity index (χ2n) is 4.54. The average Bonchev–Trinajstić information content (AvgIpc) is 2.91. The number of aromatic nitrogens is 3. The summed E-state index contributed by atoms with van der Waals surface area (Å²) in [6, 6.07) is 9.73. The molecule has 0 atom stereocenters. The number of alkyl halides is 2. The van der Waals surface area contributed by atoms with Crippen molar-refractivity contribution in [2.75, 3.05) is 7.11 Å². The first kappa shape index (κ1) is 13.5. The molecule has 0 fully saturated rings. The molecule has 4 nitrogen and oxygen atoms in total. The largest absolute Gasteiger partial charge is 0.481 e. The number of halogens is 2. The number of benzene rings is 1. The third kappa shape index (κ3) is 2.56. The summed E-state index contributed by atoms with van der Waals surface area (Å²) in [5, 5.41) is 1.05. The Balaban J connectivity index is 2.07. The molecule has 21 heavy (non-hydrogen) atoms. The van der Waals surface area contributed by atoms with Gasteiger partial charge in [-0.15, -0.1) is 0 Å². The molecule has 0 saturated heterocycles. The van der Waals surface area contributed by atoms with Crippen LogP contribution in [0, 0.1) is 0 Å². The molecule has 0 radical (unpaired) electrons. The molecule has 0 aliphatic heterocycles. The van der Waals surface area contributed by atoms with Crippen LogP contribution in [-0.2, 0) is 6.42 Å². The van der Waals surface area contributed by atoms with Gasteiger partial charge in [-0.1, -0.05) is 18.2 Å². The van der Waals surface area contributed by atoms with Crippen LogP contribution in [0.15, 0.2) is 42.7 Å². The van der Waals surface area contributed by atoms with Gasteiger partial charge in [0.05, 0.1) is 12.6 Å². The third-order valence-electron chi connectivity index (χ3n) is 3.19. The number of fused-ring (bicyclic) bond motifs is 1. The van der Waals surface area contributed by atoms with Crippen molar-refractivity contribution in [1.82, 2.24) is 14.5 Å². The maximum absolute atomic E-state index is 12.5. The minimum absolute atomic E-state index is 0.179. The number of hydrogen-bond donors (Lipinski definition) is 0. The van der Waals surface area contributed by atoms with E-state index in [1.165, 1.54) is 13.3 Å². The summed E-state index contributed by atoms with van der Waals surface area (Å²) in [6.45, 7) is 0. The van der Waals surface area contributed by atoms with Crippen LogP contribution in [0.1, 0.15) is 5.56 Å². The van der Waals surface area contributed by atoms with E-state index in [1.807, 2.05) is 36.5 Å². The predicted octanol–water partition coefficient (Wildman–Crippen LogP) is 3.24. The highest BCUT2D eigenvalue weighted by molar-refractivity contribution is 5.81. The summed E-state index contributed by atoms with van der Waals surface area (Å²) in [5.41, 5.74) is 1.24. The Hall–Kier alpha value is -2.50. The first-order valence-electron chi connectivity index (χ1n) is 6.43. The summed E-state index contributed by atoms with van der Waals surface area (Å²) >= 11 is 0. The van der Waals surface area contributed by atoms with Crippen LogP contribution < -0.4 is 4.74 Å². The highest BCUT2D eigenvalue weighted by Gasteiger charge is 2.14. The summed E-state index contributed by atoms with van der Waals surface area (Å²) in [7, 11) is 1.41. The van der Waals surface area contributed by atoms with Crippen LogP contribution in [-0.4, -0.2) is 28.1 Å². The average molecular weight is 289 g/mol. The molecule has 0 saturated carbocycles. The van der Waals surface area contributed by atoms with Crippen molar-refractivity contribution in [3.63, 3.8) is 0 Å². The van der Waals surface area contributed by atoms with Crippen molar-refractivity contribution >= 4 is 10.9 Å². The lowest BCUT2D eigenvalue weighted by Crippen LogP contribution is -2.06. The zero-order valence-electron chi connectivity index (χ0n) is 11.3. The standard InChI is InChI=1S/C15H13F2N3O/c1-21-14-11(8-13(16)17)9-18-15(19-14)20-7-6-10-4-2-3-5-12(10)20/h2-7,9,13H,8H2,1H3. The number of nitrogens with zero attached hydrogens (tertiary/aromatic N) is 3. The van der Waals surface area contributed by atoms with E-state index in [2.05, 4.69) is 9.97 Å².